The van der Waals surface area contributed by atoms with Crippen LogP contribution in [-0.2, 0) is 17.8 Å². The largest absolute Gasteiger partial charge is 0.350 e. The van der Waals surface area contributed by atoms with Gasteiger partial charge in [0.25, 0.3) is 0 Å². The summed E-state index contributed by atoms with van der Waals surface area (Å²) in [5, 5.41) is 5.44. The number of nitrogens with one attached hydrogen (secondary N) is 2. The summed E-state index contributed by atoms with van der Waals surface area (Å²) in [4.78, 5) is 25.2. The number of hydrogen-bond donors (Lipinski definition) is 2. The van der Waals surface area contributed by atoms with Crippen LogP contribution in [0.5, 0.6) is 0 Å². The predicted molar refractivity (Wildman–Crippen MR) is 146 cm³/mol. The first-order chi connectivity index (χ1) is 18.4. The monoisotopic (exact) mass is 536 g/mol. The van der Waals surface area contributed by atoms with E-state index in [9.17, 15) is 4.79 Å². The van der Waals surface area contributed by atoms with Gasteiger partial charge in [-0.15, -0.1) is 11.6 Å². The van der Waals surface area contributed by atoms with E-state index in [2.05, 4.69) is 50.8 Å². The molecule has 2 N–H and O–H groups in total. The number of likely N-dealkylation sites (tertiary alicyclic amines) is 1. The highest BCUT2D eigenvalue weighted by atomic mass is 35.5. The average Bonchev–Trinajstić information content (AvgIpc) is 3.47. The number of carbonyl (C=O) groups is 1. The molecule has 2 saturated heterocycles. The van der Waals surface area contributed by atoms with Gasteiger partial charge in [-0.3, -0.25) is 20.3 Å². The SMILES string of the molecule is C=CC(=O)N1CC2(CC(n3nc(N4CCc5ncncc5C4)c(C4C(Cl)C(C)CC5NNCC54)c3C)C2)C1. The van der Waals surface area contributed by atoms with Crippen molar-refractivity contribution in [3.8, 4) is 0 Å². The molecule has 2 aromatic heterocycles. The van der Waals surface area contributed by atoms with E-state index >= 15 is 0 Å². The molecule has 1 spiro atoms. The van der Waals surface area contributed by atoms with Gasteiger partial charge in [0.15, 0.2) is 5.82 Å². The van der Waals surface area contributed by atoms with Crippen LogP contribution in [0.4, 0.5) is 5.82 Å². The van der Waals surface area contributed by atoms with Crippen molar-refractivity contribution in [2.24, 2.45) is 17.3 Å². The molecule has 0 radical (unpaired) electrons. The number of aromatic nitrogens is 4. The average molecular weight is 537 g/mol. The zero-order chi connectivity index (χ0) is 26.2. The van der Waals surface area contributed by atoms with Crippen molar-refractivity contribution in [2.75, 3.05) is 31.1 Å². The van der Waals surface area contributed by atoms with Gasteiger partial charge < -0.3 is 9.80 Å². The third-order valence-corrected chi connectivity index (χ3v) is 10.7. The Bertz CT molecular complexity index is 1260. The van der Waals surface area contributed by atoms with E-state index in [4.69, 9.17) is 16.7 Å². The zero-order valence-electron chi connectivity index (χ0n) is 22.2. The molecule has 0 bridgehead atoms. The molecular formula is C28H37ClN8O. The van der Waals surface area contributed by atoms with Crippen molar-refractivity contribution in [1.82, 2.24) is 35.5 Å². The molecule has 9 nitrogen and oxygen atoms in total. The van der Waals surface area contributed by atoms with Gasteiger partial charge in [-0.1, -0.05) is 13.5 Å². The molecule has 202 valence electrons. The van der Waals surface area contributed by atoms with Crippen molar-refractivity contribution in [2.45, 2.75) is 69.5 Å². The van der Waals surface area contributed by atoms with Gasteiger partial charge in [-0.2, -0.15) is 5.10 Å². The minimum Gasteiger partial charge on any atom is -0.350 e. The van der Waals surface area contributed by atoms with E-state index in [-0.39, 0.29) is 22.6 Å². The van der Waals surface area contributed by atoms with Crippen molar-refractivity contribution >= 4 is 23.3 Å². The van der Waals surface area contributed by atoms with Gasteiger partial charge in [-0.05, 0) is 44.1 Å². The van der Waals surface area contributed by atoms with Crippen LogP contribution >= 0.6 is 11.6 Å². The summed E-state index contributed by atoms with van der Waals surface area (Å²) in [6.07, 6.45) is 9.13. The lowest BCUT2D eigenvalue weighted by molar-refractivity contribution is -0.149. The Kier molecular flexibility index (Phi) is 5.83. The number of amides is 1. The lowest BCUT2D eigenvalue weighted by Gasteiger charge is -2.58. The van der Waals surface area contributed by atoms with Crippen LogP contribution in [0.15, 0.2) is 25.2 Å². The quantitative estimate of drug-likeness (QED) is 0.458. The Morgan fingerprint density at radius 2 is 2.13 bits per heavy atom. The second-order valence-electron chi connectivity index (χ2n) is 12.4. The third kappa shape index (κ3) is 3.72. The second kappa shape index (κ2) is 9.03. The molecule has 2 saturated carbocycles. The molecule has 10 heteroatoms. The fraction of sp³-hybridized carbons (Fsp3) is 0.643. The summed E-state index contributed by atoms with van der Waals surface area (Å²) in [6, 6.07) is 0.778. The highest BCUT2D eigenvalue weighted by molar-refractivity contribution is 6.21. The lowest BCUT2D eigenvalue weighted by Crippen LogP contribution is -2.63. The number of alkyl halides is 1. The zero-order valence-corrected chi connectivity index (χ0v) is 23.0. The number of anilines is 1. The molecule has 5 atom stereocenters. The molecule has 0 aromatic carbocycles. The number of hydrazine groups is 1. The van der Waals surface area contributed by atoms with Crippen molar-refractivity contribution in [1.29, 1.82) is 0 Å². The molecule has 7 rings (SSSR count). The summed E-state index contributed by atoms with van der Waals surface area (Å²) in [5.74, 6) is 2.20. The fourth-order valence-corrected chi connectivity index (χ4v) is 8.44. The first-order valence-electron chi connectivity index (χ1n) is 14.0. The molecule has 5 unspecified atom stereocenters. The molecule has 1 amide bonds. The van der Waals surface area contributed by atoms with Crippen LogP contribution in [0.3, 0.4) is 0 Å². The van der Waals surface area contributed by atoms with Crippen molar-refractivity contribution < 1.29 is 4.79 Å². The number of halogens is 1. The van der Waals surface area contributed by atoms with E-state index in [1.807, 2.05) is 11.1 Å². The maximum atomic E-state index is 12.0. The van der Waals surface area contributed by atoms with Gasteiger partial charge in [0, 0.05) is 84.9 Å². The van der Waals surface area contributed by atoms with E-state index in [0.29, 0.717) is 23.9 Å². The van der Waals surface area contributed by atoms with E-state index in [1.165, 1.54) is 22.9 Å². The van der Waals surface area contributed by atoms with Crippen LogP contribution < -0.4 is 15.8 Å². The van der Waals surface area contributed by atoms with Crippen molar-refractivity contribution in [3.05, 3.63) is 47.7 Å². The lowest BCUT2D eigenvalue weighted by atomic mass is 9.60. The van der Waals surface area contributed by atoms with Gasteiger partial charge >= 0.3 is 0 Å². The van der Waals surface area contributed by atoms with Crippen molar-refractivity contribution in [3.63, 3.8) is 0 Å². The number of hydrogen-bond acceptors (Lipinski definition) is 7. The van der Waals surface area contributed by atoms with Crippen LogP contribution in [0.1, 0.15) is 60.7 Å². The Morgan fingerprint density at radius 1 is 1.32 bits per heavy atom. The predicted octanol–water partition coefficient (Wildman–Crippen LogP) is 2.72. The molecule has 3 aliphatic heterocycles. The van der Waals surface area contributed by atoms with Crippen LogP contribution in [0, 0.1) is 24.2 Å². The maximum Gasteiger partial charge on any atom is 0.245 e. The fourth-order valence-electron chi connectivity index (χ4n) is 8.02. The van der Waals surface area contributed by atoms with Gasteiger partial charge in [-0.25, -0.2) is 9.97 Å². The summed E-state index contributed by atoms with van der Waals surface area (Å²) in [5.41, 5.74) is 12.1. The van der Waals surface area contributed by atoms with E-state index in [1.54, 1.807) is 6.33 Å². The minimum absolute atomic E-state index is 0.0428. The van der Waals surface area contributed by atoms with Gasteiger partial charge in [0.1, 0.15) is 6.33 Å². The molecule has 38 heavy (non-hydrogen) atoms. The van der Waals surface area contributed by atoms with Crippen LogP contribution in [0.25, 0.3) is 0 Å². The highest BCUT2D eigenvalue weighted by Gasteiger charge is 2.55. The standard InChI is InChI=1S/C28H37ClN8O/c1-4-23(38)36-13-28(14-36)8-19(9-28)37-17(3)24(25-20-11-32-33-22(20)7-16(2)26(25)29)27(34-37)35-6-5-21-18(12-35)10-30-15-31-21/h4,10,15-16,19-20,22,25-26,32-33H,1,5-9,11-14H2,2-3H3. The molecule has 2 aromatic rings. The van der Waals surface area contributed by atoms with Crippen LogP contribution in [0.2, 0.25) is 0 Å². The molecule has 4 fully saturated rings. The Morgan fingerprint density at radius 3 is 2.92 bits per heavy atom. The van der Waals surface area contributed by atoms with Gasteiger partial charge in [0.2, 0.25) is 5.91 Å². The molecule has 5 aliphatic rings. The smallest absolute Gasteiger partial charge is 0.245 e. The van der Waals surface area contributed by atoms with Gasteiger partial charge in [0.05, 0.1) is 11.7 Å². The van der Waals surface area contributed by atoms with E-state index in [0.717, 1.165) is 69.9 Å². The summed E-state index contributed by atoms with van der Waals surface area (Å²) in [6.45, 7) is 12.4. The minimum atomic E-state index is 0.0428. The number of fused-ring (bicyclic) bond motifs is 2. The topological polar surface area (TPSA) is 91.2 Å². The molecular weight excluding hydrogens is 500 g/mol. The highest BCUT2D eigenvalue weighted by Crippen LogP contribution is 2.56. The second-order valence-corrected chi connectivity index (χ2v) is 12.9. The number of carbonyl (C=O) groups excluding carboxylic acids is 1. The first kappa shape index (κ1) is 24.5. The molecule has 2 aliphatic carbocycles. The van der Waals surface area contributed by atoms with Crippen LogP contribution in [-0.4, -0.2) is 68.2 Å². The summed E-state index contributed by atoms with van der Waals surface area (Å²) < 4.78 is 2.30. The normalized spacial score (nSPS) is 31.9. The maximum absolute atomic E-state index is 12.0. The number of rotatable bonds is 4. The Balaban J connectivity index is 1.23. The Labute approximate surface area is 229 Å². The first-order valence-corrected chi connectivity index (χ1v) is 14.5. The Hall–Kier alpha value is -2.49. The number of nitrogens with zero attached hydrogens (tertiary/aromatic N) is 6. The summed E-state index contributed by atoms with van der Waals surface area (Å²) >= 11 is 7.29. The third-order valence-electron chi connectivity index (χ3n) is 10.0. The molecule has 5 heterocycles. The summed E-state index contributed by atoms with van der Waals surface area (Å²) in [7, 11) is 0. The van der Waals surface area contributed by atoms with E-state index < -0.39 is 0 Å².